The van der Waals surface area contributed by atoms with Crippen LogP contribution in [0.4, 0.5) is 0 Å². The van der Waals surface area contributed by atoms with Gasteiger partial charge in [0.1, 0.15) is 0 Å². The Morgan fingerprint density at radius 3 is 2.85 bits per heavy atom. The van der Waals surface area contributed by atoms with Crippen LogP contribution in [0.25, 0.3) is 10.9 Å². The Morgan fingerprint density at radius 1 is 1.30 bits per heavy atom. The molecular weight excluding hydrogens is 252 g/mol. The van der Waals surface area contributed by atoms with Gasteiger partial charge in [-0.05, 0) is 24.3 Å². The zero-order chi connectivity index (χ0) is 13.9. The maximum Gasteiger partial charge on any atom is 0.228 e. The molecule has 2 N–H and O–H groups in total. The Morgan fingerprint density at radius 2 is 2.10 bits per heavy atom. The van der Waals surface area contributed by atoms with Crippen molar-refractivity contribution in [3.63, 3.8) is 0 Å². The maximum absolute atomic E-state index is 12.2. The number of aromatic amines is 1. The van der Waals surface area contributed by atoms with Crippen LogP contribution < -0.4 is 5.32 Å². The summed E-state index contributed by atoms with van der Waals surface area (Å²) in [5, 5.41) is 13.1. The Labute approximate surface area is 117 Å². The van der Waals surface area contributed by atoms with Crippen molar-refractivity contribution < 1.29 is 4.79 Å². The van der Waals surface area contributed by atoms with Gasteiger partial charge in [-0.15, -0.1) is 0 Å². The first-order chi connectivity index (χ1) is 9.76. The van der Waals surface area contributed by atoms with Crippen molar-refractivity contribution in [2.75, 3.05) is 26.2 Å². The normalized spacial score (nSPS) is 15.2. The Kier molecular flexibility index (Phi) is 3.40. The molecule has 5 heteroatoms. The van der Waals surface area contributed by atoms with E-state index in [0.717, 1.165) is 42.8 Å². The van der Waals surface area contributed by atoms with Crippen molar-refractivity contribution in [1.82, 2.24) is 15.2 Å². The molecular formula is C15H16N4O. The van der Waals surface area contributed by atoms with E-state index in [0.29, 0.717) is 12.0 Å². The number of aromatic nitrogens is 1. The number of H-pyrrole nitrogens is 1. The molecule has 1 aromatic heterocycles. The lowest BCUT2D eigenvalue weighted by Crippen LogP contribution is -2.46. The van der Waals surface area contributed by atoms with Crippen LogP contribution >= 0.6 is 0 Å². The van der Waals surface area contributed by atoms with Gasteiger partial charge in [-0.25, -0.2) is 0 Å². The molecule has 1 amide bonds. The second-order valence-corrected chi connectivity index (χ2v) is 5.02. The van der Waals surface area contributed by atoms with Crippen molar-refractivity contribution in [1.29, 1.82) is 5.26 Å². The Balaban J connectivity index is 1.77. The molecule has 2 aromatic rings. The molecule has 0 aliphatic carbocycles. The summed E-state index contributed by atoms with van der Waals surface area (Å²) >= 11 is 0. The third kappa shape index (κ3) is 2.51. The van der Waals surface area contributed by atoms with Gasteiger partial charge in [-0.3, -0.25) is 4.79 Å². The number of fused-ring (bicyclic) bond motifs is 1. The molecule has 1 fully saturated rings. The van der Waals surface area contributed by atoms with Crippen molar-refractivity contribution in [3.8, 4) is 6.07 Å². The van der Waals surface area contributed by atoms with Gasteiger partial charge in [0.15, 0.2) is 0 Å². The molecule has 0 radical (unpaired) electrons. The van der Waals surface area contributed by atoms with Crippen molar-refractivity contribution in [2.24, 2.45) is 0 Å². The number of carbonyl (C=O) groups is 1. The zero-order valence-electron chi connectivity index (χ0n) is 11.1. The van der Waals surface area contributed by atoms with Crippen LogP contribution in [0.2, 0.25) is 0 Å². The third-order valence-electron chi connectivity index (χ3n) is 3.62. The van der Waals surface area contributed by atoms with Gasteiger partial charge in [0.2, 0.25) is 5.91 Å². The summed E-state index contributed by atoms with van der Waals surface area (Å²) < 4.78 is 0. The number of hydrogen-bond donors (Lipinski definition) is 2. The predicted molar refractivity (Wildman–Crippen MR) is 76.2 cm³/mol. The van der Waals surface area contributed by atoms with Gasteiger partial charge in [0.25, 0.3) is 0 Å². The van der Waals surface area contributed by atoms with Crippen LogP contribution in [0.5, 0.6) is 0 Å². The van der Waals surface area contributed by atoms with Crippen LogP contribution in [0.15, 0.2) is 24.3 Å². The molecule has 1 saturated heterocycles. The number of piperazine rings is 1. The molecule has 3 rings (SSSR count). The molecule has 102 valence electrons. The number of carbonyl (C=O) groups excluding carboxylic acids is 1. The van der Waals surface area contributed by atoms with Crippen LogP contribution in [-0.4, -0.2) is 42.0 Å². The molecule has 0 saturated carbocycles. The summed E-state index contributed by atoms with van der Waals surface area (Å²) in [6.07, 6.45) is 0.385. The minimum absolute atomic E-state index is 0.151. The molecule has 5 nitrogen and oxygen atoms in total. The first kappa shape index (κ1) is 12.7. The summed E-state index contributed by atoms with van der Waals surface area (Å²) in [5.41, 5.74) is 2.50. The van der Waals surface area contributed by atoms with Gasteiger partial charge < -0.3 is 15.2 Å². The monoisotopic (exact) mass is 268 g/mol. The third-order valence-corrected chi connectivity index (χ3v) is 3.62. The molecule has 1 aromatic carbocycles. The topological polar surface area (TPSA) is 71.9 Å². The van der Waals surface area contributed by atoms with E-state index in [-0.39, 0.29) is 5.91 Å². The first-order valence-electron chi connectivity index (χ1n) is 6.76. The van der Waals surface area contributed by atoms with Gasteiger partial charge in [0.05, 0.1) is 18.1 Å². The van der Waals surface area contributed by atoms with E-state index in [1.807, 2.05) is 23.1 Å². The fraction of sp³-hybridized carbons (Fsp3) is 0.333. The minimum atomic E-state index is 0.151. The number of hydrogen-bond acceptors (Lipinski definition) is 3. The summed E-state index contributed by atoms with van der Waals surface area (Å²) in [5.74, 6) is 0.151. The van der Waals surface area contributed by atoms with E-state index in [9.17, 15) is 4.79 Å². The number of nitrogens with zero attached hydrogens (tertiary/aromatic N) is 2. The van der Waals surface area contributed by atoms with Gasteiger partial charge in [-0.2, -0.15) is 5.26 Å². The second-order valence-electron chi connectivity index (χ2n) is 5.02. The van der Waals surface area contributed by atoms with Crippen molar-refractivity contribution in [3.05, 3.63) is 35.5 Å². The fourth-order valence-corrected chi connectivity index (χ4v) is 2.55. The molecule has 0 bridgehead atoms. The SMILES string of the molecule is N#Cc1ccc2[nH]c(CC(=O)N3CCNCC3)cc2c1. The van der Waals surface area contributed by atoms with E-state index in [4.69, 9.17) is 5.26 Å². The van der Waals surface area contributed by atoms with Crippen LogP contribution in [-0.2, 0) is 11.2 Å². The smallest absolute Gasteiger partial charge is 0.228 e. The summed E-state index contributed by atoms with van der Waals surface area (Å²) in [6.45, 7) is 3.28. The molecule has 0 unspecified atom stereocenters. The van der Waals surface area contributed by atoms with Gasteiger partial charge >= 0.3 is 0 Å². The Hall–Kier alpha value is -2.32. The Bertz CT molecular complexity index is 677. The summed E-state index contributed by atoms with van der Waals surface area (Å²) in [7, 11) is 0. The minimum Gasteiger partial charge on any atom is -0.358 e. The second kappa shape index (κ2) is 5.35. The molecule has 0 atom stereocenters. The first-order valence-corrected chi connectivity index (χ1v) is 6.76. The number of amides is 1. The lowest BCUT2D eigenvalue weighted by atomic mass is 10.1. The highest BCUT2D eigenvalue weighted by Gasteiger charge is 2.17. The average Bonchev–Trinajstić information content (AvgIpc) is 2.89. The number of nitrogens with one attached hydrogen (secondary N) is 2. The van der Waals surface area contributed by atoms with Gasteiger partial charge in [-0.1, -0.05) is 0 Å². The highest BCUT2D eigenvalue weighted by molar-refractivity contribution is 5.85. The maximum atomic E-state index is 12.2. The molecule has 2 heterocycles. The molecule has 0 spiro atoms. The lowest BCUT2D eigenvalue weighted by Gasteiger charge is -2.27. The quantitative estimate of drug-likeness (QED) is 0.854. The lowest BCUT2D eigenvalue weighted by molar-refractivity contribution is -0.131. The highest BCUT2D eigenvalue weighted by Crippen LogP contribution is 2.17. The van der Waals surface area contributed by atoms with Gasteiger partial charge in [0, 0.05) is 42.8 Å². The van der Waals surface area contributed by atoms with Crippen molar-refractivity contribution >= 4 is 16.8 Å². The number of benzene rings is 1. The molecule has 20 heavy (non-hydrogen) atoms. The molecule has 1 aliphatic heterocycles. The summed E-state index contributed by atoms with van der Waals surface area (Å²) in [6, 6.07) is 9.58. The van der Waals surface area contributed by atoms with Crippen LogP contribution in [0.3, 0.4) is 0 Å². The van der Waals surface area contributed by atoms with E-state index in [1.54, 1.807) is 6.07 Å². The van der Waals surface area contributed by atoms with Crippen LogP contribution in [0.1, 0.15) is 11.3 Å². The fourth-order valence-electron chi connectivity index (χ4n) is 2.55. The molecule has 1 aliphatic rings. The average molecular weight is 268 g/mol. The zero-order valence-corrected chi connectivity index (χ0v) is 11.1. The number of nitriles is 1. The summed E-state index contributed by atoms with van der Waals surface area (Å²) in [4.78, 5) is 17.3. The van der Waals surface area contributed by atoms with E-state index >= 15 is 0 Å². The van der Waals surface area contributed by atoms with Crippen molar-refractivity contribution in [2.45, 2.75) is 6.42 Å². The van der Waals surface area contributed by atoms with E-state index < -0.39 is 0 Å². The standard InChI is InChI=1S/C15H16N4O/c16-10-11-1-2-14-12(7-11)8-13(18-14)9-15(20)19-5-3-17-4-6-19/h1-2,7-8,17-18H,3-6,9H2. The highest BCUT2D eigenvalue weighted by atomic mass is 16.2. The van der Waals surface area contributed by atoms with E-state index in [1.165, 1.54) is 0 Å². The predicted octanol–water partition coefficient (Wildman–Crippen LogP) is 1.01. The van der Waals surface area contributed by atoms with E-state index in [2.05, 4.69) is 16.4 Å². The number of rotatable bonds is 2. The largest absolute Gasteiger partial charge is 0.358 e. The van der Waals surface area contributed by atoms with Crippen LogP contribution in [0, 0.1) is 11.3 Å².